The number of imidazole rings is 1. The summed E-state index contributed by atoms with van der Waals surface area (Å²) in [5.74, 6) is 1.48. The van der Waals surface area contributed by atoms with Crippen LogP contribution in [-0.4, -0.2) is 43.2 Å². The van der Waals surface area contributed by atoms with Gasteiger partial charge in [-0.1, -0.05) is 0 Å². The Hall–Kier alpha value is -2.28. The van der Waals surface area contributed by atoms with Gasteiger partial charge in [0.2, 0.25) is 0 Å². The first kappa shape index (κ1) is 13.7. The molecule has 0 aliphatic carbocycles. The summed E-state index contributed by atoms with van der Waals surface area (Å²) in [7, 11) is 2.02. The highest BCUT2D eigenvalue weighted by molar-refractivity contribution is 5.74. The van der Waals surface area contributed by atoms with Gasteiger partial charge in [-0.25, -0.2) is 9.37 Å². The zero-order valence-electron chi connectivity index (χ0n) is 12.0. The minimum absolute atomic E-state index is 0.255. The Morgan fingerprint density at radius 3 is 3.00 bits per heavy atom. The molecule has 6 nitrogen and oxygen atoms in total. The van der Waals surface area contributed by atoms with Crippen molar-refractivity contribution in [3.05, 3.63) is 42.0 Å². The van der Waals surface area contributed by atoms with E-state index in [-0.39, 0.29) is 5.82 Å². The van der Waals surface area contributed by atoms with E-state index in [1.54, 1.807) is 12.4 Å². The van der Waals surface area contributed by atoms with Gasteiger partial charge in [0.05, 0.1) is 17.6 Å². The van der Waals surface area contributed by atoms with E-state index >= 15 is 0 Å². The summed E-state index contributed by atoms with van der Waals surface area (Å²) in [4.78, 5) is 9.75. The number of hydrogen-bond donors (Lipinski definition) is 1. The molecule has 0 radical (unpaired) electrons. The third-order valence-corrected chi connectivity index (χ3v) is 3.44. The van der Waals surface area contributed by atoms with Crippen molar-refractivity contribution in [1.29, 1.82) is 0 Å². The first-order chi connectivity index (χ1) is 10.1. The monoisotopic (exact) mass is 288 g/mol. The zero-order valence-corrected chi connectivity index (χ0v) is 12.0. The zero-order chi connectivity index (χ0) is 14.8. The largest absolute Gasteiger partial charge is 0.341 e. The van der Waals surface area contributed by atoms with Gasteiger partial charge in [0.1, 0.15) is 23.8 Å². The second-order valence-corrected chi connectivity index (χ2v) is 5.15. The smallest absolute Gasteiger partial charge is 0.129 e. The molecule has 0 atom stereocenters. The van der Waals surface area contributed by atoms with Crippen LogP contribution in [0.2, 0.25) is 0 Å². The number of aromatic nitrogens is 5. The molecule has 0 amide bonds. The maximum Gasteiger partial charge on any atom is 0.129 e. The molecule has 0 aliphatic rings. The third-order valence-electron chi connectivity index (χ3n) is 3.44. The van der Waals surface area contributed by atoms with Crippen LogP contribution in [0, 0.1) is 12.7 Å². The molecule has 0 bridgehead atoms. The van der Waals surface area contributed by atoms with E-state index in [2.05, 4.69) is 25.1 Å². The van der Waals surface area contributed by atoms with E-state index in [0.717, 1.165) is 35.8 Å². The van der Waals surface area contributed by atoms with E-state index < -0.39 is 0 Å². The second kappa shape index (κ2) is 5.61. The van der Waals surface area contributed by atoms with Crippen LogP contribution in [0.15, 0.2) is 24.5 Å². The number of nitrogens with zero attached hydrogens (tertiary/aromatic N) is 5. The lowest BCUT2D eigenvalue weighted by molar-refractivity contribution is 0.304. The Bertz CT molecular complexity index is 747. The molecule has 21 heavy (non-hydrogen) atoms. The fraction of sp³-hybridized carbons (Fsp3) is 0.357. The number of halogens is 1. The highest BCUT2D eigenvalue weighted by atomic mass is 19.1. The van der Waals surface area contributed by atoms with Gasteiger partial charge in [0.25, 0.3) is 0 Å². The molecule has 110 valence electrons. The lowest BCUT2D eigenvalue weighted by Gasteiger charge is -2.15. The first-order valence-corrected chi connectivity index (χ1v) is 6.79. The molecule has 2 aromatic heterocycles. The molecule has 1 N–H and O–H groups in total. The van der Waals surface area contributed by atoms with Crippen molar-refractivity contribution < 1.29 is 4.39 Å². The SMILES string of the molecule is Cc1nncn1CCN(C)Cc1nc2ccc(F)cc2[nH]1. The van der Waals surface area contributed by atoms with Gasteiger partial charge < -0.3 is 9.55 Å². The lowest BCUT2D eigenvalue weighted by atomic mass is 10.3. The van der Waals surface area contributed by atoms with Crippen molar-refractivity contribution in [1.82, 2.24) is 29.6 Å². The molecule has 0 spiro atoms. The number of H-pyrrole nitrogens is 1. The molecule has 0 aliphatic heterocycles. The van der Waals surface area contributed by atoms with Crippen molar-refractivity contribution in [2.24, 2.45) is 0 Å². The van der Waals surface area contributed by atoms with Crippen molar-refractivity contribution in [3.63, 3.8) is 0 Å². The molecule has 7 heteroatoms. The molecule has 0 fully saturated rings. The number of fused-ring (bicyclic) bond motifs is 1. The Labute approximate surface area is 121 Å². The Morgan fingerprint density at radius 1 is 1.38 bits per heavy atom. The van der Waals surface area contributed by atoms with Crippen LogP contribution in [0.4, 0.5) is 4.39 Å². The lowest BCUT2D eigenvalue weighted by Crippen LogP contribution is -2.23. The molecular weight excluding hydrogens is 271 g/mol. The summed E-state index contributed by atoms with van der Waals surface area (Å²) >= 11 is 0. The van der Waals surface area contributed by atoms with Crippen LogP contribution in [0.3, 0.4) is 0 Å². The van der Waals surface area contributed by atoms with Crippen LogP contribution in [0.5, 0.6) is 0 Å². The molecule has 0 saturated carbocycles. The highest BCUT2D eigenvalue weighted by Crippen LogP contribution is 2.13. The number of likely N-dealkylation sites (N-methyl/N-ethyl adjacent to an activating group) is 1. The number of nitrogens with one attached hydrogen (secondary N) is 1. The number of hydrogen-bond acceptors (Lipinski definition) is 4. The van der Waals surface area contributed by atoms with Gasteiger partial charge in [0, 0.05) is 13.1 Å². The quantitative estimate of drug-likeness (QED) is 0.776. The molecule has 2 heterocycles. The highest BCUT2D eigenvalue weighted by Gasteiger charge is 2.07. The Balaban J connectivity index is 1.63. The Morgan fingerprint density at radius 2 is 2.24 bits per heavy atom. The van der Waals surface area contributed by atoms with E-state index in [4.69, 9.17) is 0 Å². The summed E-state index contributed by atoms with van der Waals surface area (Å²) < 4.78 is 15.2. The topological polar surface area (TPSA) is 62.6 Å². The Kier molecular flexibility index (Phi) is 3.66. The van der Waals surface area contributed by atoms with Gasteiger partial charge in [-0.05, 0) is 32.2 Å². The van der Waals surface area contributed by atoms with E-state index in [1.807, 2.05) is 18.5 Å². The normalized spacial score (nSPS) is 11.6. The second-order valence-electron chi connectivity index (χ2n) is 5.15. The summed E-state index contributed by atoms with van der Waals surface area (Å²) in [5, 5.41) is 7.82. The average molecular weight is 288 g/mol. The van der Waals surface area contributed by atoms with Gasteiger partial charge in [-0.15, -0.1) is 10.2 Å². The summed E-state index contributed by atoms with van der Waals surface area (Å²) in [5.41, 5.74) is 1.52. The van der Waals surface area contributed by atoms with Crippen molar-refractivity contribution >= 4 is 11.0 Å². The number of aromatic amines is 1. The van der Waals surface area contributed by atoms with Crippen molar-refractivity contribution in [3.8, 4) is 0 Å². The molecular formula is C14H17FN6. The van der Waals surface area contributed by atoms with Crippen LogP contribution >= 0.6 is 0 Å². The van der Waals surface area contributed by atoms with Crippen LogP contribution in [0.25, 0.3) is 11.0 Å². The van der Waals surface area contributed by atoms with Crippen LogP contribution < -0.4 is 0 Å². The minimum atomic E-state index is -0.255. The molecule has 0 unspecified atom stereocenters. The van der Waals surface area contributed by atoms with Crippen LogP contribution in [0.1, 0.15) is 11.6 Å². The van der Waals surface area contributed by atoms with Crippen molar-refractivity contribution in [2.75, 3.05) is 13.6 Å². The van der Waals surface area contributed by atoms with Gasteiger partial charge >= 0.3 is 0 Å². The summed E-state index contributed by atoms with van der Waals surface area (Å²) in [6.07, 6.45) is 1.73. The van der Waals surface area contributed by atoms with E-state index in [0.29, 0.717) is 6.54 Å². The minimum Gasteiger partial charge on any atom is -0.341 e. The summed E-state index contributed by atoms with van der Waals surface area (Å²) in [6.45, 7) is 4.28. The number of rotatable bonds is 5. The van der Waals surface area contributed by atoms with Gasteiger partial charge in [-0.3, -0.25) is 4.90 Å². The van der Waals surface area contributed by atoms with Gasteiger partial charge in [-0.2, -0.15) is 0 Å². The molecule has 3 rings (SSSR count). The predicted octanol–water partition coefficient (Wildman–Crippen LogP) is 1.73. The molecule has 0 saturated heterocycles. The van der Waals surface area contributed by atoms with Crippen LogP contribution in [-0.2, 0) is 13.1 Å². The fourth-order valence-electron chi connectivity index (χ4n) is 2.25. The number of benzene rings is 1. The summed E-state index contributed by atoms with van der Waals surface area (Å²) in [6, 6.07) is 4.57. The molecule has 3 aromatic rings. The average Bonchev–Trinajstić information content (AvgIpc) is 3.01. The standard InChI is InChI=1S/C14H17FN6/c1-10-19-16-9-21(10)6-5-20(2)8-14-17-12-4-3-11(15)7-13(12)18-14/h3-4,7,9H,5-6,8H2,1-2H3,(H,17,18). The maximum absolute atomic E-state index is 13.2. The first-order valence-electron chi connectivity index (χ1n) is 6.79. The van der Waals surface area contributed by atoms with E-state index in [1.165, 1.54) is 12.1 Å². The van der Waals surface area contributed by atoms with Crippen molar-refractivity contribution in [2.45, 2.75) is 20.0 Å². The molecule has 1 aromatic carbocycles. The fourth-order valence-corrected chi connectivity index (χ4v) is 2.25. The third kappa shape index (κ3) is 3.08. The number of aryl methyl sites for hydroxylation is 1. The van der Waals surface area contributed by atoms with Gasteiger partial charge in [0.15, 0.2) is 0 Å². The van der Waals surface area contributed by atoms with E-state index in [9.17, 15) is 4.39 Å². The predicted molar refractivity (Wildman–Crippen MR) is 77.1 cm³/mol. The maximum atomic E-state index is 13.2.